The minimum Gasteiger partial charge on any atom is -0.493 e. The molecule has 0 spiro atoms. The normalized spacial score (nSPS) is 19.5. The molecule has 0 unspecified atom stereocenters. The zero-order valence-corrected chi connectivity index (χ0v) is 15.1. The molecule has 0 radical (unpaired) electrons. The number of nitro benzene ring substituents is 1. The van der Waals surface area contributed by atoms with Gasteiger partial charge in [-0.05, 0) is 32.6 Å². The Morgan fingerprint density at radius 3 is 2.48 bits per heavy atom. The van der Waals surface area contributed by atoms with Gasteiger partial charge in [0.1, 0.15) is 5.56 Å². The van der Waals surface area contributed by atoms with Gasteiger partial charge in [0, 0.05) is 18.2 Å². The highest BCUT2D eigenvalue weighted by atomic mass is 35.5. The van der Waals surface area contributed by atoms with E-state index in [4.69, 9.17) is 15.2 Å². The highest BCUT2D eigenvalue weighted by Crippen LogP contribution is 2.35. The quantitative estimate of drug-likeness (QED) is 0.584. The van der Waals surface area contributed by atoms with Crippen LogP contribution in [0.4, 0.5) is 5.69 Å². The van der Waals surface area contributed by atoms with Crippen molar-refractivity contribution in [1.82, 2.24) is 5.32 Å². The number of nitro groups is 1. The molecule has 1 aromatic rings. The highest BCUT2D eigenvalue weighted by Gasteiger charge is 2.27. The number of rotatable bonds is 6. The Hall–Kier alpha value is -2.06. The van der Waals surface area contributed by atoms with Gasteiger partial charge in [0.25, 0.3) is 11.6 Å². The molecule has 0 aliphatic heterocycles. The van der Waals surface area contributed by atoms with E-state index in [-0.39, 0.29) is 41.5 Å². The van der Waals surface area contributed by atoms with Crippen molar-refractivity contribution in [1.29, 1.82) is 0 Å². The summed E-state index contributed by atoms with van der Waals surface area (Å²) in [6.07, 6.45) is 3.21. The SMILES string of the molecule is CCOc1cc([N+](=O)[O-])c(C(=O)NC2CCC(N)CC2)cc1OC.Cl. The van der Waals surface area contributed by atoms with Crippen molar-refractivity contribution in [2.75, 3.05) is 13.7 Å². The molecule has 0 atom stereocenters. The second-order valence-electron chi connectivity index (χ2n) is 5.80. The molecule has 0 heterocycles. The molecule has 9 heteroatoms. The van der Waals surface area contributed by atoms with Crippen LogP contribution in [0.25, 0.3) is 0 Å². The Morgan fingerprint density at radius 1 is 1.32 bits per heavy atom. The number of halogens is 1. The summed E-state index contributed by atoms with van der Waals surface area (Å²) in [5, 5.41) is 14.2. The summed E-state index contributed by atoms with van der Waals surface area (Å²) in [7, 11) is 1.42. The molecule has 0 bridgehead atoms. The summed E-state index contributed by atoms with van der Waals surface area (Å²) < 4.78 is 10.5. The van der Waals surface area contributed by atoms with Gasteiger partial charge in [-0.1, -0.05) is 0 Å². The van der Waals surface area contributed by atoms with Crippen LogP contribution in [-0.4, -0.2) is 36.6 Å². The second-order valence-corrected chi connectivity index (χ2v) is 5.80. The number of hydrogen-bond acceptors (Lipinski definition) is 6. The third kappa shape index (κ3) is 5.20. The van der Waals surface area contributed by atoms with E-state index in [9.17, 15) is 14.9 Å². The van der Waals surface area contributed by atoms with Crippen molar-refractivity contribution >= 4 is 24.0 Å². The van der Waals surface area contributed by atoms with E-state index < -0.39 is 10.8 Å². The van der Waals surface area contributed by atoms with E-state index in [0.717, 1.165) is 25.7 Å². The Balaban J connectivity index is 0.00000312. The molecule has 1 aliphatic carbocycles. The first-order chi connectivity index (χ1) is 11.5. The Bertz CT molecular complexity index is 618. The molecule has 0 saturated heterocycles. The molecule has 2 rings (SSSR count). The number of nitrogens with zero attached hydrogens (tertiary/aromatic N) is 1. The van der Waals surface area contributed by atoms with Crippen LogP contribution >= 0.6 is 12.4 Å². The number of amides is 1. The van der Waals surface area contributed by atoms with Crippen molar-refractivity contribution in [3.05, 3.63) is 27.8 Å². The molecule has 3 N–H and O–H groups in total. The van der Waals surface area contributed by atoms with Gasteiger partial charge < -0.3 is 20.5 Å². The Kier molecular flexibility index (Phi) is 7.92. The van der Waals surface area contributed by atoms with Crippen molar-refractivity contribution in [3.63, 3.8) is 0 Å². The fourth-order valence-electron chi connectivity index (χ4n) is 2.84. The number of carbonyl (C=O) groups excluding carboxylic acids is 1. The van der Waals surface area contributed by atoms with Gasteiger partial charge in [-0.15, -0.1) is 12.4 Å². The van der Waals surface area contributed by atoms with Gasteiger partial charge in [0.05, 0.1) is 24.7 Å². The maximum atomic E-state index is 12.5. The monoisotopic (exact) mass is 373 g/mol. The Labute approximate surface area is 152 Å². The molecule has 1 amide bonds. The molecule has 1 saturated carbocycles. The standard InChI is InChI=1S/C16H23N3O5.ClH/c1-3-24-15-9-13(19(21)22)12(8-14(15)23-2)16(20)18-11-6-4-10(17)5-7-11;/h8-11H,3-7,17H2,1-2H3,(H,18,20);1H. The highest BCUT2D eigenvalue weighted by molar-refractivity contribution is 5.99. The average Bonchev–Trinajstić information content (AvgIpc) is 2.56. The number of hydrogen-bond donors (Lipinski definition) is 2. The van der Waals surface area contributed by atoms with E-state index in [0.29, 0.717) is 12.4 Å². The molecule has 1 fully saturated rings. The molecule has 0 aromatic heterocycles. The van der Waals surface area contributed by atoms with Gasteiger partial charge in [-0.25, -0.2) is 0 Å². The van der Waals surface area contributed by atoms with Gasteiger partial charge >= 0.3 is 0 Å². The lowest BCUT2D eigenvalue weighted by Gasteiger charge is -2.26. The van der Waals surface area contributed by atoms with Crippen LogP contribution in [0.1, 0.15) is 43.0 Å². The lowest BCUT2D eigenvalue weighted by atomic mass is 9.91. The van der Waals surface area contributed by atoms with Crippen LogP contribution in [0.2, 0.25) is 0 Å². The number of nitrogens with two attached hydrogens (primary N) is 1. The summed E-state index contributed by atoms with van der Waals surface area (Å²) in [6, 6.07) is 2.73. The zero-order chi connectivity index (χ0) is 17.7. The van der Waals surface area contributed by atoms with Gasteiger partial charge in [0.2, 0.25) is 0 Å². The molecular formula is C16H24ClN3O5. The number of nitrogens with one attached hydrogen (secondary N) is 1. The first kappa shape index (κ1) is 21.0. The van der Waals surface area contributed by atoms with E-state index in [1.807, 2.05) is 0 Å². The fourth-order valence-corrected chi connectivity index (χ4v) is 2.84. The van der Waals surface area contributed by atoms with E-state index in [2.05, 4.69) is 5.32 Å². The average molecular weight is 374 g/mol. The molecule has 140 valence electrons. The summed E-state index contributed by atoms with van der Waals surface area (Å²) in [5.74, 6) is 0.0497. The number of benzene rings is 1. The van der Waals surface area contributed by atoms with E-state index in [1.165, 1.54) is 19.2 Å². The molecular weight excluding hydrogens is 350 g/mol. The smallest absolute Gasteiger partial charge is 0.286 e. The predicted octanol–water partition coefficient (Wildman–Crippen LogP) is 2.42. The summed E-state index contributed by atoms with van der Waals surface area (Å²) in [6.45, 7) is 2.10. The molecule has 8 nitrogen and oxygen atoms in total. The molecule has 1 aliphatic rings. The molecule has 1 aromatic carbocycles. The molecule has 25 heavy (non-hydrogen) atoms. The van der Waals surface area contributed by atoms with Gasteiger partial charge in [0.15, 0.2) is 11.5 Å². The van der Waals surface area contributed by atoms with Crippen molar-refractivity contribution in [2.24, 2.45) is 5.73 Å². The fraction of sp³-hybridized carbons (Fsp3) is 0.562. The number of methoxy groups -OCH3 is 1. The van der Waals surface area contributed by atoms with Crippen molar-refractivity contribution in [3.8, 4) is 11.5 Å². The van der Waals surface area contributed by atoms with Crippen molar-refractivity contribution in [2.45, 2.75) is 44.7 Å². The van der Waals surface area contributed by atoms with Crippen LogP contribution in [-0.2, 0) is 0 Å². The van der Waals surface area contributed by atoms with E-state index >= 15 is 0 Å². The predicted molar refractivity (Wildman–Crippen MR) is 95.8 cm³/mol. The third-order valence-corrected chi connectivity index (χ3v) is 4.13. The van der Waals surface area contributed by atoms with Crippen LogP contribution in [0.3, 0.4) is 0 Å². The third-order valence-electron chi connectivity index (χ3n) is 4.13. The van der Waals surface area contributed by atoms with Crippen LogP contribution < -0.4 is 20.5 Å². The first-order valence-electron chi connectivity index (χ1n) is 8.01. The largest absolute Gasteiger partial charge is 0.493 e. The van der Waals surface area contributed by atoms with Crippen LogP contribution in [0.15, 0.2) is 12.1 Å². The summed E-state index contributed by atoms with van der Waals surface area (Å²) in [5.41, 5.74) is 5.52. The van der Waals surface area contributed by atoms with Crippen molar-refractivity contribution < 1.29 is 19.2 Å². The maximum absolute atomic E-state index is 12.5. The van der Waals surface area contributed by atoms with Gasteiger partial charge in [-0.2, -0.15) is 0 Å². The minimum atomic E-state index is -0.590. The lowest BCUT2D eigenvalue weighted by molar-refractivity contribution is -0.385. The van der Waals surface area contributed by atoms with E-state index in [1.54, 1.807) is 6.92 Å². The van der Waals surface area contributed by atoms with Crippen LogP contribution in [0.5, 0.6) is 11.5 Å². The summed E-state index contributed by atoms with van der Waals surface area (Å²) in [4.78, 5) is 23.3. The second kappa shape index (κ2) is 9.43. The summed E-state index contributed by atoms with van der Waals surface area (Å²) >= 11 is 0. The minimum absolute atomic E-state index is 0. The number of carbonyl (C=O) groups is 1. The van der Waals surface area contributed by atoms with Gasteiger partial charge in [-0.3, -0.25) is 14.9 Å². The maximum Gasteiger partial charge on any atom is 0.286 e. The Morgan fingerprint density at radius 2 is 1.96 bits per heavy atom. The lowest BCUT2D eigenvalue weighted by Crippen LogP contribution is -2.40. The zero-order valence-electron chi connectivity index (χ0n) is 14.3. The first-order valence-corrected chi connectivity index (χ1v) is 8.01. The number of ether oxygens (including phenoxy) is 2. The van der Waals surface area contributed by atoms with Crippen LogP contribution in [0, 0.1) is 10.1 Å². The topological polar surface area (TPSA) is 117 Å².